The summed E-state index contributed by atoms with van der Waals surface area (Å²) in [5.41, 5.74) is 9.46. The predicted octanol–water partition coefficient (Wildman–Crippen LogP) is 2.85. The maximum atomic E-state index is 5.92. The van der Waals surface area contributed by atoms with Gasteiger partial charge in [-0.1, -0.05) is 24.3 Å². The van der Waals surface area contributed by atoms with Crippen molar-refractivity contribution in [3.8, 4) is 0 Å². The maximum Gasteiger partial charge on any atom is 0.0456 e. The van der Waals surface area contributed by atoms with Gasteiger partial charge in [0.1, 0.15) is 0 Å². The number of pyridine rings is 1. The standard InChI is InChI=1S/C16H17N3/c17-10-12(15-6-3-4-8-18-15)9-13-11-19-16-7-2-1-5-14(13)16/h1-8,11-12,19H,9-10,17H2. The molecule has 0 spiro atoms. The number of hydrogen-bond donors (Lipinski definition) is 2. The molecular formula is C16H17N3. The molecule has 1 aromatic carbocycles. The second kappa shape index (κ2) is 5.24. The molecule has 0 aliphatic carbocycles. The van der Waals surface area contributed by atoms with E-state index < -0.39 is 0 Å². The highest BCUT2D eigenvalue weighted by molar-refractivity contribution is 5.83. The van der Waals surface area contributed by atoms with Crippen molar-refractivity contribution in [2.45, 2.75) is 12.3 Å². The van der Waals surface area contributed by atoms with Crippen molar-refractivity contribution in [2.75, 3.05) is 6.54 Å². The normalized spacial score (nSPS) is 12.7. The van der Waals surface area contributed by atoms with Gasteiger partial charge in [0.15, 0.2) is 0 Å². The number of rotatable bonds is 4. The van der Waals surface area contributed by atoms with Crippen LogP contribution in [0.2, 0.25) is 0 Å². The average Bonchev–Trinajstić information content (AvgIpc) is 2.89. The van der Waals surface area contributed by atoms with Crippen molar-refractivity contribution in [2.24, 2.45) is 5.73 Å². The Labute approximate surface area is 112 Å². The molecule has 0 aliphatic rings. The van der Waals surface area contributed by atoms with Gasteiger partial charge in [-0.3, -0.25) is 4.98 Å². The second-order valence-corrected chi connectivity index (χ2v) is 4.75. The molecular weight excluding hydrogens is 234 g/mol. The number of hydrogen-bond acceptors (Lipinski definition) is 2. The smallest absolute Gasteiger partial charge is 0.0456 e. The summed E-state index contributed by atoms with van der Waals surface area (Å²) in [6.45, 7) is 0.608. The molecule has 19 heavy (non-hydrogen) atoms. The van der Waals surface area contributed by atoms with Crippen molar-refractivity contribution in [3.63, 3.8) is 0 Å². The van der Waals surface area contributed by atoms with Gasteiger partial charge in [0.25, 0.3) is 0 Å². The number of fused-ring (bicyclic) bond motifs is 1. The van der Waals surface area contributed by atoms with Crippen molar-refractivity contribution >= 4 is 10.9 Å². The Kier molecular flexibility index (Phi) is 3.29. The van der Waals surface area contributed by atoms with Crippen LogP contribution in [0.4, 0.5) is 0 Å². The Morgan fingerprint density at radius 1 is 1.11 bits per heavy atom. The molecule has 0 aliphatic heterocycles. The molecule has 96 valence electrons. The highest BCUT2D eigenvalue weighted by atomic mass is 14.7. The Balaban J connectivity index is 1.91. The zero-order valence-corrected chi connectivity index (χ0v) is 10.7. The molecule has 0 bridgehead atoms. The maximum absolute atomic E-state index is 5.92. The first kappa shape index (κ1) is 11.9. The fourth-order valence-electron chi connectivity index (χ4n) is 2.49. The number of nitrogens with one attached hydrogen (secondary N) is 1. The van der Waals surface area contributed by atoms with Gasteiger partial charge >= 0.3 is 0 Å². The first-order valence-corrected chi connectivity index (χ1v) is 6.54. The molecule has 0 amide bonds. The fourth-order valence-corrected chi connectivity index (χ4v) is 2.49. The second-order valence-electron chi connectivity index (χ2n) is 4.75. The molecule has 3 nitrogen and oxygen atoms in total. The summed E-state index contributed by atoms with van der Waals surface area (Å²) in [6.07, 6.45) is 4.82. The number of nitrogens with two attached hydrogens (primary N) is 1. The van der Waals surface area contributed by atoms with Crippen LogP contribution in [0.25, 0.3) is 10.9 Å². The topological polar surface area (TPSA) is 54.7 Å². The van der Waals surface area contributed by atoms with Gasteiger partial charge in [-0.15, -0.1) is 0 Å². The fraction of sp³-hybridized carbons (Fsp3) is 0.188. The highest BCUT2D eigenvalue weighted by Crippen LogP contribution is 2.24. The van der Waals surface area contributed by atoms with Crippen LogP contribution >= 0.6 is 0 Å². The molecule has 3 heteroatoms. The summed E-state index contributed by atoms with van der Waals surface area (Å²) in [4.78, 5) is 7.73. The van der Waals surface area contributed by atoms with E-state index in [9.17, 15) is 0 Å². The molecule has 0 fully saturated rings. The number of aromatic nitrogens is 2. The van der Waals surface area contributed by atoms with Gasteiger partial charge in [0.2, 0.25) is 0 Å². The molecule has 3 N–H and O–H groups in total. The minimum absolute atomic E-state index is 0.264. The Bertz CT molecular complexity index is 658. The van der Waals surface area contributed by atoms with Gasteiger partial charge in [-0.05, 0) is 30.2 Å². The van der Waals surface area contributed by atoms with Crippen molar-refractivity contribution < 1.29 is 0 Å². The van der Waals surface area contributed by atoms with E-state index in [4.69, 9.17) is 5.73 Å². The van der Waals surface area contributed by atoms with Crippen molar-refractivity contribution in [1.29, 1.82) is 0 Å². The van der Waals surface area contributed by atoms with Crippen molar-refractivity contribution in [3.05, 3.63) is 66.1 Å². The molecule has 2 aromatic heterocycles. The molecule has 0 saturated heterocycles. The van der Waals surface area contributed by atoms with Crippen molar-refractivity contribution in [1.82, 2.24) is 9.97 Å². The van der Waals surface area contributed by atoms with Crippen LogP contribution in [0.15, 0.2) is 54.9 Å². The van der Waals surface area contributed by atoms with Gasteiger partial charge in [0, 0.05) is 41.5 Å². The summed E-state index contributed by atoms with van der Waals surface area (Å²) < 4.78 is 0. The molecule has 3 aromatic rings. The van der Waals surface area contributed by atoms with Crippen LogP contribution in [0, 0.1) is 0 Å². The van der Waals surface area contributed by atoms with E-state index in [0.717, 1.165) is 12.1 Å². The van der Waals surface area contributed by atoms with Gasteiger partial charge in [-0.2, -0.15) is 0 Å². The van der Waals surface area contributed by atoms with Crippen LogP contribution in [-0.4, -0.2) is 16.5 Å². The Morgan fingerprint density at radius 3 is 2.74 bits per heavy atom. The van der Waals surface area contributed by atoms with E-state index >= 15 is 0 Å². The lowest BCUT2D eigenvalue weighted by Gasteiger charge is -2.13. The number of benzene rings is 1. The third kappa shape index (κ3) is 2.37. The lowest BCUT2D eigenvalue weighted by atomic mass is 9.95. The molecule has 2 heterocycles. The summed E-state index contributed by atoms with van der Waals surface area (Å²) in [7, 11) is 0. The zero-order valence-electron chi connectivity index (χ0n) is 10.7. The first-order valence-electron chi connectivity index (χ1n) is 6.54. The van der Waals surface area contributed by atoms with Crippen LogP contribution in [-0.2, 0) is 6.42 Å². The lowest BCUT2D eigenvalue weighted by molar-refractivity contribution is 0.675. The van der Waals surface area contributed by atoms with Crippen LogP contribution in [0.1, 0.15) is 17.2 Å². The molecule has 1 atom stereocenters. The largest absolute Gasteiger partial charge is 0.361 e. The average molecular weight is 251 g/mol. The molecule has 1 unspecified atom stereocenters. The number of H-pyrrole nitrogens is 1. The quantitative estimate of drug-likeness (QED) is 0.749. The minimum atomic E-state index is 0.264. The third-order valence-electron chi connectivity index (χ3n) is 3.53. The molecule has 3 rings (SSSR count). The number of para-hydroxylation sites is 1. The summed E-state index contributed by atoms with van der Waals surface area (Å²) in [6, 6.07) is 14.3. The van der Waals surface area contributed by atoms with Gasteiger partial charge < -0.3 is 10.7 Å². The summed E-state index contributed by atoms with van der Waals surface area (Å²) >= 11 is 0. The van der Waals surface area contributed by atoms with E-state index in [2.05, 4.69) is 34.4 Å². The molecule has 0 radical (unpaired) electrons. The van der Waals surface area contributed by atoms with Crippen LogP contribution < -0.4 is 5.73 Å². The molecule has 0 saturated carbocycles. The summed E-state index contributed by atoms with van der Waals surface area (Å²) in [5.74, 6) is 0.264. The SMILES string of the molecule is NCC(Cc1c[nH]c2ccccc12)c1ccccn1. The van der Waals surface area contributed by atoms with Crippen LogP contribution in [0.3, 0.4) is 0 Å². The minimum Gasteiger partial charge on any atom is -0.361 e. The van der Waals surface area contributed by atoms with Crippen LogP contribution in [0.5, 0.6) is 0 Å². The van der Waals surface area contributed by atoms with E-state index in [0.29, 0.717) is 6.54 Å². The zero-order chi connectivity index (χ0) is 13.1. The summed E-state index contributed by atoms with van der Waals surface area (Å²) in [5, 5.41) is 1.27. The highest BCUT2D eigenvalue weighted by Gasteiger charge is 2.14. The first-order chi connectivity index (χ1) is 9.38. The predicted molar refractivity (Wildman–Crippen MR) is 78.0 cm³/mol. The van der Waals surface area contributed by atoms with Gasteiger partial charge in [-0.25, -0.2) is 0 Å². The van der Waals surface area contributed by atoms with E-state index in [1.165, 1.54) is 16.5 Å². The Hall–Kier alpha value is -2.13. The Morgan fingerprint density at radius 2 is 1.95 bits per heavy atom. The number of nitrogens with zero attached hydrogens (tertiary/aromatic N) is 1. The monoisotopic (exact) mass is 251 g/mol. The number of aromatic amines is 1. The third-order valence-corrected chi connectivity index (χ3v) is 3.53. The van der Waals surface area contributed by atoms with E-state index in [1.807, 2.05) is 30.5 Å². The van der Waals surface area contributed by atoms with Gasteiger partial charge in [0.05, 0.1) is 0 Å². The lowest BCUT2D eigenvalue weighted by Crippen LogP contribution is -2.16. The van der Waals surface area contributed by atoms with E-state index in [1.54, 1.807) is 0 Å². The van der Waals surface area contributed by atoms with E-state index in [-0.39, 0.29) is 5.92 Å².